The number of ether oxygens (including phenoxy) is 1. The van der Waals surface area contributed by atoms with Crippen molar-refractivity contribution >= 4 is 5.91 Å². The molecule has 1 aromatic heterocycles. The zero-order valence-corrected chi connectivity index (χ0v) is 13.9. The van der Waals surface area contributed by atoms with E-state index in [-0.39, 0.29) is 11.5 Å². The first-order valence-electron chi connectivity index (χ1n) is 7.67. The Balaban J connectivity index is 2.56. The molecular weight excluding hydrogens is 314 g/mol. The van der Waals surface area contributed by atoms with E-state index in [1.165, 1.54) is 24.1 Å². The number of amides is 1. The summed E-state index contributed by atoms with van der Waals surface area (Å²) in [5.74, 6) is -1.65. The highest BCUT2D eigenvalue weighted by atomic mass is 19.1. The molecule has 0 saturated heterocycles. The highest BCUT2D eigenvalue weighted by Gasteiger charge is 2.30. The molecule has 0 N–H and O–H groups in total. The molecular formula is C18H20F2N2O2. The molecule has 1 aromatic carbocycles. The van der Waals surface area contributed by atoms with Crippen LogP contribution in [0.25, 0.3) is 0 Å². The van der Waals surface area contributed by atoms with Crippen LogP contribution in [0.4, 0.5) is 8.78 Å². The molecule has 2 aromatic rings. The number of nitrogens with zero attached hydrogens (tertiary/aromatic N) is 2. The van der Waals surface area contributed by atoms with E-state index in [2.05, 4.69) is 4.98 Å². The molecule has 0 fully saturated rings. The van der Waals surface area contributed by atoms with Gasteiger partial charge in [-0.2, -0.15) is 0 Å². The summed E-state index contributed by atoms with van der Waals surface area (Å²) in [6.07, 6.45) is 2.49. The van der Waals surface area contributed by atoms with Gasteiger partial charge in [-0.25, -0.2) is 8.78 Å². The fourth-order valence-electron chi connectivity index (χ4n) is 2.59. The van der Waals surface area contributed by atoms with Gasteiger partial charge in [0.25, 0.3) is 5.91 Å². The van der Waals surface area contributed by atoms with E-state index in [1.807, 2.05) is 0 Å². The monoisotopic (exact) mass is 334 g/mol. The molecule has 1 heterocycles. The lowest BCUT2D eigenvalue weighted by atomic mass is 9.97. The fourth-order valence-corrected chi connectivity index (χ4v) is 2.59. The van der Waals surface area contributed by atoms with Crippen LogP contribution in [-0.2, 0) is 9.53 Å². The fraction of sp³-hybridized carbons (Fsp3) is 0.333. The zero-order valence-electron chi connectivity index (χ0n) is 13.9. The quantitative estimate of drug-likeness (QED) is 0.814. The van der Waals surface area contributed by atoms with Crippen molar-refractivity contribution in [1.29, 1.82) is 0 Å². The Morgan fingerprint density at radius 3 is 2.62 bits per heavy atom. The largest absolute Gasteiger partial charge is 0.372 e. The smallest absolute Gasteiger partial charge is 0.252 e. The van der Waals surface area contributed by atoms with E-state index >= 15 is 0 Å². The first-order valence-corrected chi connectivity index (χ1v) is 7.67. The third-order valence-electron chi connectivity index (χ3n) is 3.89. The van der Waals surface area contributed by atoms with Gasteiger partial charge < -0.3 is 9.64 Å². The van der Waals surface area contributed by atoms with E-state index < -0.39 is 23.8 Å². The van der Waals surface area contributed by atoms with Gasteiger partial charge in [-0.3, -0.25) is 9.78 Å². The molecule has 0 unspecified atom stereocenters. The normalized spacial score (nSPS) is 13.4. The average molecular weight is 334 g/mol. The van der Waals surface area contributed by atoms with Gasteiger partial charge in [-0.15, -0.1) is 0 Å². The number of rotatable bonds is 6. The molecule has 0 aliphatic rings. The minimum absolute atomic E-state index is 0.211. The predicted molar refractivity (Wildman–Crippen MR) is 86.3 cm³/mol. The molecule has 0 bridgehead atoms. The van der Waals surface area contributed by atoms with Gasteiger partial charge in [0.2, 0.25) is 0 Å². The Bertz CT molecular complexity index is 695. The molecule has 1 amide bonds. The van der Waals surface area contributed by atoms with Crippen molar-refractivity contribution < 1.29 is 18.3 Å². The molecule has 128 valence electrons. The third kappa shape index (κ3) is 3.76. The molecule has 6 heteroatoms. The average Bonchev–Trinajstić information content (AvgIpc) is 2.60. The maximum Gasteiger partial charge on any atom is 0.252 e. The molecule has 0 saturated carbocycles. The number of hydrogen-bond donors (Lipinski definition) is 0. The second-order valence-corrected chi connectivity index (χ2v) is 5.36. The second kappa shape index (κ2) is 7.97. The number of aromatic nitrogens is 1. The topological polar surface area (TPSA) is 42.4 Å². The number of halogens is 2. The summed E-state index contributed by atoms with van der Waals surface area (Å²) in [6.45, 7) is 3.76. The summed E-state index contributed by atoms with van der Waals surface area (Å²) in [6, 6.07) is 6.11. The highest BCUT2D eigenvalue weighted by Crippen LogP contribution is 2.31. The molecule has 0 aliphatic carbocycles. The van der Waals surface area contributed by atoms with Crippen LogP contribution >= 0.6 is 0 Å². The van der Waals surface area contributed by atoms with Crippen molar-refractivity contribution in [3.8, 4) is 0 Å². The van der Waals surface area contributed by atoms with Crippen molar-refractivity contribution in [2.75, 3.05) is 13.7 Å². The molecule has 4 nitrogen and oxygen atoms in total. The first kappa shape index (κ1) is 18.0. The van der Waals surface area contributed by atoms with E-state index in [0.29, 0.717) is 12.1 Å². The molecule has 2 rings (SSSR count). The summed E-state index contributed by atoms with van der Waals surface area (Å²) in [7, 11) is 1.44. The van der Waals surface area contributed by atoms with Gasteiger partial charge in [-0.1, -0.05) is 12.1 Å². The molecule has 24 heavy (non-hydrogen) atoms. The van der Waals surface area contributed by atoms with Crippen molar-refractivity contribution in [3.05, 3.63) is 65.5 Å². The van der Waals surface area contributed by atoms with Crippen LogP contribution in [0, 0.1) is 11.6 Å². The SMILES string of the molecule is CCN(C(=O)[C@@H](C)OC)[C@@H](c1cccnc1)c1ccc(F)cc1F. The lowest BCUT2D eigenvalue weighted by Crippen LogP contribution is -2.41. The maximum atomic E-state index is 14.4. The summed E-state index contributed by atoms with van der Waals surface area (Å²) in [4.78, 5) is 18.2. The van der Waals surface area contributed by atoms with E-state index in [4.69, 9.17) is 4.74 Å². The summed E-state index contributed by atoms with van der Waals surface area (Å²) in [5.41, 5.74) is 0.851. The maximum absolute atomic E-state index is 14.4. The van der Waals surface area contributed by atoms with Crippen LogP contribution in [-0.4, -0.2) is 35.5 Å². The van der Waals surface area contributed by atoms with Crippen molar-refractivity contribution in [2.24, 2.45) is 0 Å². The molecule has 0 radical (unpaired) electrons. The standard InChI is InChI=1S/C18H20F2N2O2/c1-4-22(18(23)12(2)24-3)17(13-6-5-9-21-11-13)15-8-7-14(19)10-16(15)20/h5-12,17H,4H2,1-3H3/t12-,17+/m1/s1. The van der Waals surface area contributed by atoms with Gasteiger partial charge in [0, 0.05) is 37.7 Å². The van der Waals surface area contributed by atoms with E-state index in [9.17, 15) is 13.6 Å². The number of carbonyl (C=O) groups excluding carboxylic acids is 1. The van der Waals surface area contributed by atoms with Crippen LogP contribution in [0.2, 0.25) is 0 Å². The van der Waals surface area contributed by atoms with Crippen molar-refractivity contribution in [1.82, 2.24) is 9.88 Å². The van der Waals surface area contributed by atoms with E-state index in [1.54, 1.807) is 38.4 Å². The lowest BCUT2D eigenvalue weighted by Gasteiger charge is -2.33. The number of methoxy groups -OCH3 is 1. The first-order chi connectivity index (χ1) is 11.5. The highest BCUT2D eigenvalue weighted by molar-refractivity contribution is 5.81. The lowest BCUT2D eigenvalue weighted by molar-refractivity contribution is -0.142. The van der Waals surface area contributed by atoms with Crippen molar-refractivity contribution in [3.63, 3.8) is 0 Å². The Morgan fingerprint density at radius 1 is 1.33 bits per heavy atom. The molecule has 2 atom stereocenters. The second-order valence-electron chi connectivity index (χ2n) is 5.36. The molecule has 0 spiro atoms. The van der Waals surface area contributed by atoms with Crippen LogP contribution in [0.3, 0.4) is 0 Å². The summed E-state index contributed by atoms with van der Waals surface area (Å²) < 4.78 is 32.8. The van der Waals surface area contributed by atoms with Gasteiger partial charge in [0.1, 0.15) is 17.7 Å². The van der Waals surface area contributed by atoms with Gasteiger partial charge in [-0.05, 0) is 31.5 Å². The van der Waals surface area contributed by atoms with Crippen LogP contribution in [0.5, 0.6) is 0 Å². The summed E-state index contributed by atoms with van der Waals surface area (Å²) >= 11 is 0. The number of benzene rings is 1. The Labute approximate surface area is 140 Å². The minimum Gasteiger partial charge on any atom is -0.372 e. The number of likely N-dealkylation sites (N-methyl/N-ethyl adjacent to an activating group) is 1. The summed E-state index contributed by atoms with van der Waals surface area (Å²) in [5, 5.41) is 0. The zero-order chi connectivity index (χ0) is 17.7. The Hall–Kier alpha value is -2.34. The van der Waals surface area contributed by atoms with Crippen molar-refractivity contribution in [2.45, 2.75) is 26.0 Å². The number of carbonyl (C=O) groups is 1. The van der Waals surface area contributed by atoms with E-state index in [0.717, 1.165) is 6.07 Å². The number of pyridine rings is 1. The van der Waals surface area contributed by atoms with Gasteiger partial charge in [0.15, 0.2) is 0 Å². The number of hydrogen-bond acceptors (Lipinski definition) is 3. The van der Waals surface area contributed by atoms with Gasteiger partial charge >= 0.3 is 0 Å². The predicted octanol–water partition coefficient (Wildman–Crippen LogP) is 3.33. The third-order valence-corrected chi connectivity index (χ3v) is 3.89. The van der Waals surface area contributed by atoms with Gasteiger partial charge in [0.05, 0.1) is 6.04 Å². The van der Waals surface area contributed by atoms with Crippen LogP contribution in [0.1, 0.15) is 31.0 Å². The Kier molecular flexibility index (Phi) is 5.98. The molecule has 0 aliphatic heterocycles. The van der Waals surface area contributed by atoms with Crippen LogP contribution < -0.4 is 0 Å². The Morgan fingerprint density at radius 2 is 2.08 bits per heavy atom. The van der Waals surface area contributed by atoms with Crippen LogP contribution in [0.15, 0.2) is 42.7 Å². The minimum atomic E-state index is -0.714.